The number of hydrogen-bond donors (Lipinski definition) is 2. The van der Waals surface area contributed by atoms with Crippen LogP contribution in [0.3, 0.4) is 0 Å². The van der Waals surface area contributed by atoms with Crippen molar-refractivity contribution in [3.05, 3.63) is 63.6 Å². The summed E-state index contributed by atoms with van der Waals surface area (Å²) in [5, 5.41) is 10.6. The molecule has 0 radical (unpaired) electrons. The number of hydrogen-bond acceptors (Lipinski definition) is 7. The van der Waals surface area contributed by atoms with E-state index in [4.69, 9.17) is 26.2 Å². The summed E-state index contributed by atoms with van der Waals surface area (Å²) in [5.74, 6) is 0.217. The van der Waals surface area contributed by atoms with Gasteiger partial charge in [-0.25, -0.2) is 18.5 Å². The van der Waals surface area contributed by atoms with Crippen LogP contribution in [0.15, 0.2) is 52.7 Å². The van der Waals surface area contributed by atoms with E-state index in [1.54, 1.807) is 29.6 Å². The number of carbonyl (C=O) groups is 1. The van der Waals surface area contributed by atoms with E-state index in [1.807, 2.05) is 0 Å². The molecule has 8 nitrogen and oxygen atoms in total. The van der Waals surface area contributed by atoms with Gasteiger partial charge in [0.1, 0.15) is 33.7 Å². The fourth-order valence-electron chi connectivity index (χ4n) is 2.33. The van der Waals surface area contributed by atoms with Crippen molar-refractivity contribution in [3.8, 4) is 11.5 Å². The van der Waals surface area contributed by atoms with E-state index in [9.17, 15) is 13.2 Å². The number of nitrogens with one attached hydrogen (secondary N) is 1. The van der Waals surface area contributed by atoms with Gasteiger partial charge in [0.05, 0.1) is 7.11 Å². The lowest BCUT2D eigenvalue weighted by atomic mass is 10.3. The average molecular weight is 454 g/mol. The van der Waals surface area contributed by atoms with Crippen molar-refractivity contribution < 1.29 is 22.7 Å². The van der Waals surface area contributed by atoms with Crippen LogP contribution in [0, 0.1) is 0 Å². The topological polar surface area (TPSA) is 121 Å². The summed E-state index contributed by atoms with van der Waals surface area (Å²) in [6, 6.07) is 11.0. The van der Waals surface area contributed by atoms with Gasteiger partial charge in [0, 0.05) is 16.1 Å². The van der Waals surface area contributed by atoms with Crippen molar-refractivity contribution in [2.24, 2.45) is 5.14 Å². The molecule has 3 aromatic rings. The van der Waals surface area contributed by atoms with Crippen molar-refractivity contribution in [3.63, 3.8) is 0 Å². The number of sulfonamides is 1. The van der Waals surface area contributed by atoms with E-state index in [0.717, 1.165) is 0 Å². The Bertz CT molecular complexity index is 1130. The Morgan fingerprint density at radius 1 is 1.24 bits per heavy atom. The number of benzene rings is 2. The number of aromatic nitrogens is 1. The van der Waals surface area contributed by atoms with Crippen LogP contribution in [-0.2, 0) is 16.6 Å². The molecule has 1 amide bonds. The number of primary sulfonamides is 1. The maximum Gasteiger partial charge on any atom is 0.275 e. The molecule has 152 valence electrons. The van der Waals surface area contributed by atoms with Gasteiger partial charge >= 0.3 is 0 Å². The molecule has 3 N–H and O–H groups in total. The van der Waals surface area contributed by atoms with E-state index < -0.39 is 15.9 Å². The highest BCUT2D eigenvalue weighted by atomic mass is 35.5. The number of rotatable bonds is 7. The minimum absolute atomic E-state index is 0.0841. The Kier molecular flexibility index (Phi) is 6.38. The molecule has 3 rings (SSSR count). The zero-order valence-corrected chi connectivity index (χ0v) is 17.5. The lowest BCUT2D eigenvalue weighted by molar-refractivity contribution is 0.102. The number of nitrogens with zero attached hydrogens (tertiary/aromatic N) is 1. The summed E-state index contributed by atoms with van der Waals surface area (Å²) in [5.41, 5.74) is 0.421. The zero-order chi connectivity index (χ0) is 21.0. The first-order valence-corrected chi connectivity index (χ1v) is 10.9. The lowest BCUT2D eigenvalue weighted by Crippen LogP contribution is -2.16. The third kappa shape index (κ3) is 5.45. The predicted molar refractivity (Wildman–Crippen MR) is 110 cm³/mol. The number of thiazole rings is 1. The monoisotopic (exact) mass is 453 g/mol. The summed E-state index contributed by atoms with van der Waals surface area (Å²) >= 11 is 7.09. The molecular weight excluding hydrogens is 438 g/mol. The first kappa shape index (κ1) is 21.1. The fraction of sp³-hybridized carbons (Fsp3) is 0.111. The lowest BCUT2D eigenvalue weighted by Gasteiger charge is -2.09. The van der Waals surface area contributed by atoms with Gasteiger partial charge < -0.3 is 14.8 Å². The Morgan fingerprint density at radius 3 is 2.62 bits per heavy atom. The van der Waals surface area contributed by atoms with Gasteiger partial charge in [-0.15, -0.1) is 11.3 Å². The van der Waals surface area contributed by atoms with Crippen molar-refractivity contribution >= 4 is 44.6 Å². The molecule has 0 bridgehead atoms. The Morgan fingerprint density at radius 2 is 1.97 bits per heavy atom. The summed E-state index contributed by atoms with van der Waals surface area (Å²) in [6.45, 7) is 0.192. The van der Waals surface area contributed by atoms with E-state index in [2.05, 4.69) is 10.3 Å². The van der Waals surface area contributed by atoms with Gasteiger partial charge in [-0.2, -0.15) is 0 Å². The van der Waals surface area contributed by atoms with Gasteiger partial charge in [0.15, 0.2) is 0 Å². The normalized spacial score (nSPS) is 11.1. The van der Waals surface area contributed by atoms with Crippen molar-refractivity contribution in [1.82, 2.24) is 4.98 Å². The molecule has 29 heavy (non-hydrogen) atoms. The Balaban J connectivity index is 1.68. The molecule has 1 heterocycles. The van der Waals surface area contributed by atoms with Crippen LogP contribution in [0.25, 0.3) is 0 Å². The molecule has 2 aromatic carbocycles. The van der Waals surface area contributed by atoms with Crippen LogP contribution in [0.5, 0.6) is 11.5 Å². The molecule has 0 aliphatic heterocycles. The maximum atomic E-state index is 12.4. The minimum atomic E-state index is -4.02. The number of anilines is 1. The predicted octanol–water partition coefficient (Wildman–Crippen LogP) is 3.28. The van der Waals surface area contributed by atoms with Crippen LogP contribution in [0.4, 0.5) is 5.69 Å². The molecule has 0 aliphatic carbocycles. The second-order valence-corrected chi connectivity index (χ2v) is 8.64. The third-order valence-electron chi connectivity index (χ3n) is 3.69. The summed E-state index contributed by atoms with van der Waals surface area (Å²) < 4.78 is 34.0. The van der Waals surface area contributed by atoms with E-state index in [-0.39, 0.29) is 28.6 Å². The van der Waals surface area contributed by atoms with Crippen LogP contribution < -0.4 is 19.9 Å². The number of ether oxygens (including phenoxy) is 2. The zero-order valence-electron chi connectivity index (χ0n) is 15.1. The molecule has 0 fully saturated rings. The van der Waals surface area contributed by atoms with Gasteiger partial charge in [0.2, 0.25) is 10.0 Å². The molecule has 0 aliphatic rings. The second kappa shape index (κ2) is 8.78. The molecular formula is C18H16ClN3O5S2. The van der Waals surface area contributed by atoms with Gasteiger partial charge in [0.25, 0.3) is 5.91 Å². The molecule has 0 saturated heterocycles. The molecule has 0 saturated carbocycles. The van der Waals surface area contributed by atoms with Crippen molar-refractivity contribution in [2.45, 2.75) is 11.5 Å². The summed E-state index contributed by atoms with van der Waals surface area (Å²) in [7, 11) is -2.69. The number of nitrogens with two attached hydrogens (primary N) is 1. The summed E-state index contributed by atoms with van der Waals surface area (Å²) in [6.07, 6.45) is 0. The van der Waals surface area contributed by atoms with E-state index >= 15 is 0 Å². The van der Waals surface area contributed by atoms with E-state index in [1.165, 1.54) is 36.6 Å². The number of amides is 1. The van der Waals surface area contributed by atoms with Crippen molar-refractivity contribution in [1.29, 1.82) is 0 Å². The second-order valence-electron chi connectivity index (χ2n) is 5.73. The summed E-state index contributed by atoms with van der Waals surface area (Å²) in [4.78, 5) is 16.4. The first-order valence-electron chi connectivity index (χ1n) is 8.11. The van der Waals surface area contributed by atoms with Crippen molar-refractivity contribution in [2.75, 3.05) is 12.4 Å². The first-order chi connectivity index (χ1) is 13.8. The quantitative estimate of drug-likeness (QED) is 0.566. The largest absolute Gasteiger partial charge is 0.495 e. The Hall–Kier alpha value is -2.66. The third-order valence-corrected chi connectivity index (χ3v) is 5.69. The highest BCUT2D eigenvalue weighted by Gasteiger charge is 2.17. The van der Waals surface area contributed by atoms with Crippen LogP contribution in [0.2, 0.25) is 5.02 Å². The number of methoxy groups -OCH3 is 1. The standard InChI is InChI=1S/C18H16ClN3O5S2/c1-26-15-7-4-12(8-16(15)29(20,24)25)21-18(23)14-10-28-17(22-14)9-27-13-5-2-11(19)3-6-13/h2-8,10H,9H2,1H3,(H,21,23)(H2,20,24,25). The van der Waals surface area contributed by atoms with Crippen LogP contribution in [-0.4, -0.2) is 26.4 Å². The molecule has 1 aromatic heterocycles. The Labute approximate surface area is 176 Å². The molecule has 0 atom stereocenters. The maximum absolute atomic E-state index is 12.4. The van der Waals surface area contributed by atoms with Gasteiger partial charge in [-0.1, -0.05) is 11.6 Å². The van der Waals surface area contributed by atoms with Crippen LogP contribution in [0.1, 0.15) is 15.5 Å². The van der Waals surface area contributed by atoms with Gasteiger partial charge in [-0.05, 0) is 42.5 Å². The molecule has 0 unspecified atom stereocenters. The SMILES string of the molecule is COc1ccc(NC(=O)c2csc(COc3ccc(Cl)cc3)n2)cc1S(N)(=O)=O. The minimum Gasteiger partial charge on any atom is -0.495 e. The van der Waals surface area contributed by atoms with Crippen LogP contribution >= 0.6 is 22.9 Å². The highest BCUT2D eigenvalue weighted by molar-refractivity contribution is 7.89. The smallest absolute Gasteiger partial charge is 0.275 e. The van der Waals surface area contributed by atoms with Gasteiger partial charge in [-0.3, -0.25) is 4.79 Å². The van der Waals surface area contributed by atoms with E-state index in [0.29, 0.717) is 15.8 Å². The average Bonchev–Trinajstić information content (AvgIpc) is 3.16. The number of halogens is 1. The fourth-order valence-corrected chi connectivity index (χ4v) is 3.86. The number of carbonyl (C=O) groups excluding carboxylic acids is 1. The highest BCUT2D eigenvalue weighted by Crippen LogP contribution is 2.26. The molecule has 11 heteroatoms. The molecule has 0 spiro atoms.